The molecule has 0 bridgehead atoms. The number of thioether (sulfide) groups is 1. The standard InChI is InChI=1S/C15H28N2OS.ClH/c1-12(13-4-7-16-8-5-13)10-14(18)17-11-15(2)6-3-9-19-15;/h12-13,16H,3-11H2,1-2H3,(H,17,18);1H. The van der Waals surface area contributed by atoms with E-state index in [9.17, 15) is 4.79 Å². The van der Waals surface area contributed by atoms with Crippen LogP contribution in [0.2, 0.25) is 0 Å². The molecular weight excluding hydrogens is 292 g/mol. The summed E-state index contributed by atoms with van der Waals surface area (Å²) >= 11 is 2.01. The Morgan fingerprint density at radius 1 is 1.45 bits per heavy atom. The first kappa shape index (κ1) is 18.1. The number of amides is 1. The van der Waals surface area contributed by atoms with Crippen molar-refractivity contribution in [3.8, 4) is 0 Å². The van der Waals surface area contributed by atoms with Crippen LogP contribution < -0.4 is 10.6 Å². The van der Waals surface area contributed by atoms with Crippen LogP contribution in [0.15, 0.2) is 0 Å². The van der Waals surface area contributed by atoms with Crippen molar-refractivity contribution in [3.05, 3.63) is 0 Å². The van der Waals surface area contributed by atoms with E-state index in [4.69, 9.17) is 0 Å². The summed E-state index contributed by atoms with van der Waals surface area (Å²) < 4.78 is 0.285. The molecule has 5 heteroatoms. The number of carbonyl (C=O) groups is 1. The lowest BCUT2D eigenvalue weighted by atomic mass is 9.84. The Morgan fingerprint density at radius 3 is 2.75 bits per heavy atom. The van der Waals surface area contributed by atoms with E-state index in [1.165, 1.54) is 31.4 Å². The molecule has 1 amide bonds. The Bertz CT molecular complexity index is 302. The lowest BCUT2D eigenvalue weighted by molar-refractivity contribution is -0.122. The highest BCUT2D eigenvalue weighted by Gasteiger charge is 2.30. The van der Waals surface area contributed by atoms with Crippen molar-refractivity contribution in [2.45, 2.75) is 50.7 Å². The van der Waals surface area contributed by atoms with E-state index in [0.29, 0.717) is 12.3 Å². The number of nitrogens with one attached hydrogen (secondary N) is 2. The van der Waals surface area contributed by atoms with Crippen LogP contribution in [0.5, 0.6) is 0 Å². The first-order valence-corrected chi connectivity index (χ1v) is 8.69. The SMILES string of the molecule is CC(CC(=O)NCC1(C)CCCS1)C1CCNCC1.Cl. The van der Waals surface area contributed by atoms with E-state index in [-0.39, 0.29) is 23.1 Å². The maximum absolute atomic E-state index is 12.1. The minimum Gasteiger partial charge on any atom is -0.355 e. The third-order valence-corrected chi connectivity index (χ3v) is 6.19. The average Bonchev–Trinajstić information content (AvgIpc) is 2.85. The molecule has 2 aliphatic heterocycles. The zero-order chi connectivity index (χ0) is 13.7. The summed E-state index contributed by atoms with van der Waals surface area (Å²) in [5.74, 6) is 2.74. The van der Waals surface area contributed by atoms with Crippen LogP contribution in [0.1, 0.15) is 46.0 Å². The minimum atomic E-state index is 0. The molecule has 0 spiro atoms. The smallest absolute Gasteiger partial charge is 0.220 e. The van der Waals surface area contributed by atoms with E-state index in [0.717, 1.165) is 25.6 Å². The van der Waals surface area contributed by atoms with Crippen LogP contribution in [0.4, 0.5) is 0 Å². The van der Waals surface area contributed by atoms with E-state index in [2.05, 4.69) is 24.5 Å². The molecule has 0 saturated carbocycles. The number of halogens is 1. The van der Waals surface area contributed by atoms with Crippen molar-refractivity contribution in [1.82, 2.24) is 10.6 Å². The lowest BCUT2D eigenvalue weighted by Crippen LogP contribution is -2.38. The lowest BCUT2D eigenvalue weighted by Gasteiger charge is -2.28. The molecule has 2 aliphatic rings. The molecule has 0 aliphatic carbocycles. The number of rotatable bonds is 5. The van der Waals surface area contributed by atoms with Gasteiger partial charge in [-0.25, -0.2) is 0 Å². The van der Waals surface area contributed by atoms with Crippen molar-refractivity contribution in [1.29, 1.82) is 0 Å². The van der Waals surface area contributed by atoms with Gasteiger partial charge in [-0.1, -0.05) is 6.92 Å². The van der Waals surface area contributed by atoms with Crippen molar-refractivity contribution < 1.29 is 4.79 Å². The largest absolute Gasteiger partial charge is 0.355 e. The van der Waals surface area contributed by atoms with Crippen molar-refractivity contribution in [2.75, 3.05) is 25.4 Å². The van der Waals surface area contributed by atoms with Gasteiger partial charge in [-0.3, -0.25) is 4.79 Å². The molecular formula is C15H29ClN2OS. The number of carbonyl (C=O) groups excluding carboxylic acids is 1. The summed E-state index contributed by atoms with van der Waals surface area (Å²) in [6, 6.07) is 0. The Labute approximate surface area is 133 Å². The van der Waals surface area contributed by atoms with E-state index < -0.39 is 0 Å². The zero-order valence-electron chi connectivity index (χ0n) is 12.7. The Balaban J connectivity index is 0.00000200. The monoisotopic (exact) mass is 320 g/mol. The second kappa shape index (κ2) is 8.50. The summed E-state index contributed by atoms with van der Waals surface area (Å²) in [5.41, 5.74) is 0. The fraction of sp³-hybridized carbons (Fsp3) is 0.933. The van der Waals surface area contributed by atoms with Crippen molar-refractivity contribution in [3.63, 3.8) is 0 Å². The van der Waals surface area contributed by atoms with Crippen LogP contribution in [0, 0.1) is 11.8 Å². The minimum absolute atomic E-state index is 0. The Morgan fingerprint density at radius 2 is 2.15 bits per heavy atom. The van der Waals surface area contributed by atoms with Gasteiger partial charge in [-0.15, -0.1) is 12.4 Å². The summed E-state index contributed by atoms with van der Waals surface area (Å²) in [7, 11) is 0. The van der Waals surface area contributed by atoms with Gasteiger partial charge in [0.15, 0.2) is 0 Å². The fourth-order valence-corrected chi connectivity index (χ4v) is 4.45. The molecule has 0 aromatic carbocycles. The predicted octanol–water partition coefficient (Wildman–Crippen LogP) is 2.84. The second-order valence-electron chi connectivity index (χ2n) is 6.45. The third-order valence-electron chi connectivity index (χ3n) is 4.66. The van der Waals surface area contributed by atoms with Crippen LogP contribution in [0.3, 0.4) is 0 Å². The van der Waals surface area contributed by atoms with Crippen LogP contribution in [-0.2, 0) is 4.79 Å². The van der Waals surface area contributed by atoms with Gasteiger partial charge < -0.3 is 10.6 Å². The summed E-state index contributed by atoms with van der Waals surface area (Å²) in [6.07, 6.45) is 5.68. The number of piperidine rings is 1. The molecule has 2 unspecified atom stereocenters. The topological polar surface area (TPSA) is 41.1 Å². The normalized spacial score (nSPS) is 28.7. The summed E-state index contributed by atoms with van der Waals surface area (Å²) in [6.45, 7) is 7.59. The quantitative estimate of drug-likeness (QED) is 0.818. The molecule has 3 nitrogen and oxygen atoms in total. The van der Waals surface area contributed by atoms with Gasteiger partial charge >= 0.3 is 0 Å². The zero-order valence-corrected chi connectivity index (χ0v) is 14.4. The molecule has 0 aromatic heterocycles. The van der Waals surface area contributed by atoms with E-state index >= 15 is 0 Å². The van der Waals surface area contributed by atoms with Gasteiger partial charge in [-0.05, 0) is 63.3 Å². The van der Waals surface area contributed by atoms with Crippen molar-refractivity contribution >= 4 is 30.1 Å². The van der Waals surface area contributed by atoms with Crippen LogP contribution >= 0.6 is 24.2 Å². The first-order chi connectivity index (χ1) is 9.09. The molecule has 118 valence electrons. The maximum atomic E-state index is 12.1. The maximum Gasteiger partial charge on any atom is 0.220 e. The molecule has 2 heterocycles. The average molecular weight is 321 g/mol. The van der Waals surface area contributed by atoms with Crippen LogP contribution in [0.25, 0.3) is 0 Å². The van der Waals surface area contributed by atoms with Gasteiger partial charge in [0.25, 0.3) is 0 Å². The molecule has 0 radical (unpaired) electrons. The van der Waals surface area contributed by atoms with Gasteiger partial charge in [0.2, 0.25) is 5.91 Å². The fourth-order valence-electron chi connectivity index (χ4n) is 3.21. The van der Waals surface area contributed by atoms with E-state index in [1.54, 1.807) is 0 Å². The first-order valence-electron chi connectivity index (χ1n) is 7.70. The molecule has 20 heavy (non-hydrogen) atoms. The highest BCUT2D eigenvalue weighted by atomic mass is 35.5. The van der Waals surface area contributed by atoms with E-state index in [1.807, 2.05) is 11.8 Å². The van der Waals surface area contributed by atoms with Crippen molar-refractivity contribution in [2.24, 2.45) is 11.8 Å². The molecule has 2 N–H and O–H groups in total. The number of hydrogen-bond donors (Lipinski definition) is 2. The third kappa shape index (κ3) is 5.45. The summed E-state index contributed by atoms with van der Waals surface area (Å²) in [5, 5.41) is 6.55. The van der Waals surface area contributed by atoms with Crippen LogP contribution in [-0.4, -0.2) is 36.0 Å². The Hall–Kier alpha value is 0.0700. The highest BCUT2D eigenvalue weighted by molar-refractivity contribution is 8.00. The van der Waals surface area contributed by atoms with Gasteiger partial charge in [0.05, 0.1) is 0 Å². The summed E-state index contributed by atoms with van der Waals surface area (Å²) in [4.78, 5) is 12.1. The second-order valence-corrected chi connectivity index (χ2v) is 8.13. The predicted molar refractivity (Wildman–Crippen MR) is 89.7 cm³/mol. The molecule has 0 aromatic rings. The highest BCUT2D eigenvalue weighted by Crippen LogP contribution is 2.37. The molecule has 2 saturated heterocycles. The van der Waals surface area contributed by atoms with Gasteiger partial charge in [-0.2, -0.15) is 11.8 Å². The molecule has 2 atom stereocenters. The number of hydrogen-bond acceptors (Lipinski definition) is 3. The molecule has 2 fully saturated rings. The van der Waals surface area contributed by atoms with Gasteiger partial charge in [0.1, 0.15) is 0 Å². The molecule has 2 rings (SSSR count). The Kier molecular flexibility index (Phi) is 7.70. The van der Waals surface area contributed by atoms with Gasteiger partial charge in [0, 0.05) is 17.7 Å².